The Morgan fingerprint density at radius 3 is 1.31 bits per heavy atom. The summed E-state index contributed by atoms with van der Waals surface area (Å²) in [6.45, 7) is 0. The summed E-state index contributed by atoms with van der Waals surface area (Å²) in [4.78, 5) is 5.25. The fourth-order valence-corrected chi connectivity index (χ4v) is 18.6. The molecular weight excluding hydrogens is 1200 g/mol. The quantitative estimate of drug-likeness (QED) is 0.166. The molecule has 0 saturated heterocycles. The van der Waals surface area contributed by atoms with Crippen LogP contribution in [0.1, 0.15) is 44.5 Å². The van der Waals surface area contributed by atoms with Crippen LogP contribution in [0.3, 0.4) is 0 Å². The van der Waals surface area contributed by atoms with Gasteiger partial charge in [0.05, 0.1) is 10.8 Å². The molecule has 0 radical (unpaired) electrons. The van der Waals surface area contributed by atoms with E-state index in [2.05, 4.69) is 362 Å². The lowest BCUT2D eigenvalue weighted by atomic mass is 9.67. The van der Waals surface area contributed by atoms with E-state index < -0.39 is 5.41 Å². The maximum Gasteiger partial charge on any atom is 0.0736 e. The van der Waals surface area contributed by atoms with E-state index in [0.717, 1.165) is 22.7 Å². The van der Waals surface area contributed by atoms with Crippen molar-refractivity contribution in [2.75, 3.05) is 10.6 Å². The third kappa shape index (κ3) is 8.90. The largest absolute Gasteiger partial charge is 0.356 e. The number of hydrogen-bond acceptors (Lipinski definition) is 4. The monoisotopic (exact) mass is 1260 g/mol. The Bertz CT molecular complexity index is 5770. The first-order valence-corrected chi connectivity index (χ1v) is 34.7. The predicted molar refractivity (Wildman–Crippen MR) is 404 cm³/mol. The first kappa shape index (κ1) is 56.2. The van der Waals surface area contributed by atoms with Crippen LogP contribution in [0.2, 0.25) is 0 Å². The van der Waals surface area contributed by atoms with Crippen LogP contribution in [0.5, 0.6) is 0 Å². The molecule has 4 heteroatoms. The van der Waals surface area contributed by atoms with Gasteiger partial charge in [-0.25, -0.2) is 0 Å². The van der Waals surface area contributed by atoms with E-state index in [1.165, 1.54) is 152 Å². The standard InChI is InChI=1S/C47H31NS.C45H29NS/c1-2-11-31(12-3-1)34-14-10-15-35(29-34)32-21-24-36(25-22-32)48-37-26-28-45-43(30-37)47(41-19-8-9-20-44(41)49-45)40-18-7-6-17-39(40)46-38-16-5-4-13-33(38)23-27-42(46)47;1-2-11-30-26-32(21-20-29(30)10-1)35-15-9-12-31-27-33(22-24-36(31)35)46-34-23-25-44-42(28-34)45(41-18-7-8-19-43(41)47-44)39-16-5-3-13-37(39)38-14-4-6-17-40(38)45/h1-30,48H;1-28,46H. The number of benzene rings is 16. The maximum absolute atomic E-state index is 3.80. The van der Waals surface area contributed by atoms with Crippen molar-refractivity contribution in [3.05, 3.63) is 396 Å². The summed E-state index contributed by atoms with van der Waals surface area (Å²) in [7, 11) is 0. The van der Waals surface area contributed by atoms with Gasteiger partial charge in [-0.05, 0) is 217 Å². The van der Waals surface area contributed by atoms with E-state index in [4.69, 9.17) is 0 Å². The summed E-state index contributed by atoms with van der Waals surface area (Å²) in [5, 5.41) is 15.2. The van der Waals surface area contributed by atoms with Gasteiger partial charge >= 0.3 is 0 Å². The number of rotatable bonds is 7. The van der Waals surface area contributed by atoms with Crippen LogP contribution >= 0.6 is 23.5 Å². The molecule has 0 fully saturated rings. The highest BCUT2D eigenvalue weighted by atomic mass is 32.2. The van der Waals surface area contributed by atoms with Crippen molar-refractivity contribution < 1.29 is 0 Å². The van der Waals surface area contributed by atoms with Gasteiger partial charge in [-0.2, -0.15) is 0 Å². The molecule has 2 spiro atoms. The van der Waals surface area contributed by atoms with E-state index in [-0.39, 0.29) is 5.41 Å². The van der Waals surface area contributed by atoms with Crippen LogP contribution in [0.15, 0.2) is 371 Å². The third-order valence-electron chi connectivity index (χ3n) is 20.4. The molecule has 16 aromatic rings. The van der Waals surface area contributed by atoms with Crippen molar-refractivity contribution >= 4 is 78.6 Å². The highest BCUT2D eigenvalue weighted by Crippen LogP contribution is 2.65. The van der Waals surface area contributed by atoms with Gasteiger partial charge < -0.3 is 10.6 Å². The van der Waals surface area contributed by atoms with E-state index >= 15 is 0 Å². The first-order valence-electron chi connectivity index (χ1n) is 33.0. The van der Waals surface area contributed by atoms with Gasteiger partial charge in [-0.1, -0.05) is 290 Å². The molecule has 20 rings (SSSR count). The Balaban J connectivity index is 0.000000135. The van der Waals surface area contributed by atoms with Crippen molar-refractivity contribution in [2.45, 2.75) is 30.4 Å². The molecule has 0 aromatic heterocycles. The lowest BCUT2D eigenvalue weighted by molar-refractivity contribution is 0.723. The van der Waals surface area contributed by atoms with Crippen molar-refractivity contribution in [2.24, 2.45) is 0 Å². The van der Waals surface area contributed by atoms with Crippen molar-refractivity contribution in [3.63, 3.8) is 0 Å². The SMILES string of the molecule is c1ccc(-c2cccc(-c3ccc(Nc4ccc5c(c4)C4(c6ccccc6S5)c5ccccc5-c5c4ccc4ccccc54)cc3)c2)cc1.c1ccc2c(c1)Sc1ccc(Nc3ccc4c(-c5ccc6ccccc6c5)cccc4c3)cc1C21c2ccccc2-c2ccccc21. The summed E-state index contributed by atoms with van der Waals surface area (Å²) in [6.07, 6.45) is 0. The number of hydrogen-bond donors (Lipinski definition) is 2. The van der Waals surface area contributed by atoms with Gasteiger partial charge in [0, 0.05) is 42.3 Å². The number of anilines is 4. The van der Waals surface area contributed by atoms with Gasteiger partial charge in [0.2, 0.25) is 0 Å². The Hall–Kier alpha value is -11.4. The smallest absolute Gasteiger partial charge is 0.0736 e. The molecule has 1 atom stereocenters. The van der Waals surface area contributed by atoms with Crippen molar-refractivity contribution in [1.29, 1.82) is 0 Å². The molecule has 4 aliphatic rings. The van der Waals surface area contributed by atoms with E-state index in [1.807, 2.05) is 23.5 Å². The van der Waals surface area contributed by atoms with Crippen LogP contribution in [-0.2, 0) is 10.8 Å². The summed E-state index contributed by atoms with van der Waals surface area (Å²) in [5.74, 6) is 0. The lowest BCUT2D eigenvalue weighted by Gasteiger charge is -2.40. The average Bonchev–Trinajstić information content (AvgIpc) is 1.49. The highest BCUT2D eigenvalue weighted by Gasteiger charge is 2.52. The van der Waals surface area contributed by atoms with Gasteiger partial charge in [0.1, 0.15) is 0 Å². The molecule has 0 saturated carbocycles. The Labute approximate surface area is 567 Å². The second-order valence-corrected chi connectivity index (χ2v) is 27.7. The molecule has 0 bridgehead atoms. The Morgan fingerprint density at radius 2 is 0.635 bits per heavy atom. The lowest BCUT2D eigenvalue weighted by Crippen LogP contribution is -2.32. The summed E-state index contributed by atoms with van der Waals surface area (Å²) in [5.41, 5.74) is 27.1. The van der Waals surface area contributed by atoms with Crippen LogP contribution in [0, 0.1) is 0 Å². The second kappa shape index (κ2) is 22.7. The first-order chi connectivity index (χ1) is 47.5. The molecule has 2 N–H and O–H groups in total. The molecule has 0 amide bonds. The number of fused-ring (bicyclic) bond motifs is 22. The fraction of sp³-hybridized carbons (Fsp3) is 0.0217. The Kier molecular flexibility index (Phi) is 13.3. The van der Waals surface area contributed by atoms with Crippen molar-refractivity contribution in [1.82, 2.24) is 0 Å². The summed E-state index contributed by atoms with van der Waals surface area (Å²) >= 11 is 3.76. The molecule has 2 aliphatic heterocycles. The normalized spacial score (nSPS) is 14.5. The Morgan fingerprint density at radius 1 is 0.198 bits per heavy atom. The van der Waals surface area contributed by atoms with Crippen LogP contribution in [0.25, 0.3) is 88.0 Å². The molecule has 1 unspecified atom stereocenters. The molecular formula is C92H60N2S2. The third-order valence-corrected chi connectivity index (χ3v) is 22.7. The van der Waals surface area contributed by atoms with Gasteiger partial charge in [0.25, 0.3) is 0 Å². The second-order valence-electron chi connectivity index (χ2n) is 25.5. The topological polar surface area (TPSA) is 24.1 Å². The van der Waals surface area contributed by atoms with E-state index in [9.17, 15) is 0 Å². The predicted octanol–water partition coefficient (Wildman–Crippen LogP) is 25.0. The van der Waals surface area contributed by atoms with Crippen molar-refractivity contribution in [3.8, 4) is 55.6 Å². The fourth-order valence-electron chi connectivity index (χ4n) is 16.2. The molecule has 2 nitrogen and oxygen atoms in total. The average molecular weight is 1260 g/mol. The van der Waals surface area contributed by atoms with Crippen LogP contribution in [0.4, 0.5) is 22.7 Å². The van der Waals surface area contributed by atoms with Gasteiger partial charge in [-0.15, -0.1) is 0 Å². The minimum absolute atomic E-state index is 0.375. The van der Waals surface area contributed by atoms with Crippen LogP contribution in [-0.4, -0.2) is 0 Å². The van der Waals surface area contributed by atoms with Crippen LogP contribution < -0.4 is 10.6 Å². The minimum Gasteiger partial charge on any atom is -0.356 e. The summed E-state index contributed by atoms with van der Waals surface area (Å²) < 4.78 is 0. The molecule has 2 aliphatic carbocycles. The van der Waals surface area contributed by atoms with Gasteiger partial charge in [-0.3, -0.25) is 0 Å². The summed E-state index contributed by atoms with van der Waals surface area (Å²) in [6, 6.07) is 129. The van der Waals surface area contributed by atoms with Gasteiger partial charge in [0.15, 0.2) is 0 Å². The molecule has 16 aromatic carbocycles. The van der Waals surface area contributed by atoms with E-state index in [1.54, 1.807) is 0 Å². The zero-order valence-electron chi connectivity index (χ0n) is 52.3. The molecule has 2 heterocycles. The minimum atomic E-state index is -0.418. The highest BCUT2D eigenvalue weighted by molar-refractivity contribution is 7.99. The number of nitrogens with one attached hydrogen (secondary N) is 2. The molecule has 96 heavy (non-hydrogen) atoms. The van der Waals surface area contributed by atoms with E-state index in [0.29, 0.717) is 0 Å². The zero-order chi connectivity index (χ0) is 63.3. The molecule has 450 valence electrons. The maximum atomic E-state index is 3.80. The zero-order valence-corrected chi connectivity index (χ0v) is 53.9.